The molecule has 0 saturated heterocycles. The largest absolute Gasteiger partial charge is 0.491 e. The van der Waals surface area contributed by atoms with Crippen LogP contribution in [-0.4, -0.2) is 44.4 Å². The maximum absolute atomic E-state index is 5.66. The molecular formula is C16H27NO2. The van der Waals surface area contributed by atoms with E-state index in [1.165, 1.54) is 11.1 Å². The molecule has 0 saturated carbocycles. The van der Waals surface area contributed by atoms with E-state index in [1.54, 1.807) is 0 Å². The van der Waals surface area contributed by atoms with Gasteiger partial charge in [0.2, 0.25) is 0 Å². The van der Waals surface area contributed by atoms with Crippen molar-refractivity contribution >= 4 is 0 Å². The van der Waals surface area contributed by atoms with Crippen molar-refractivity contribution < 1.29 is 9.47 Å². The number of nitrogens with zero attached hydrogens (tertiary/aromatic N) is 1. The third kappa shape index (κ3) is 6.08. The molecule has 0 aliphatic heterocycles. The van der Waals surface area contributed by atoms with Crippen LogP contribution in [0, 0.1) is 13.8 Å². The molecule has 0 bridgehead atoms. The lowest BCUT2D eigenvalue weighted by atomic mass is 10.1. The van der Waals surface area contributed by atoms with Crippen LogP contribution in [0.5, 0.6) is 5.75 Å². The topological polar surface area (TPSA) is 21.7 Å². The quantitative estimate of drug-likeness (QED) is 0.641. The molecule has 0 spiro atoms. The first-order chi connectivity index (χ1) is 9.17. The second-order valence-electron chi connectivity index (χ2n) is 4.73. The van der Waals surface area contributed by atoms with Crippen LogP contribution in [0.3, 0.4) is 0 Å². The SMILES string of the molecule is CCN(CC)CCOCCOc1ccc(C)c(C)c1. The van der Waals surface area contributed by atoms with Gasteiger partial charge in [-0.3, -0.25) is 0 Å². The summed E-state index contributed by atoms with van der Waals surface area (Å²) < 4.78 is 11.2. The van der Waals surface area contributed by atoms with Crippen molar-refractivity contribution in [1.82, 2.24) is 4.90 Å². The smallest absolute Gasteiger partial charge is 0.119 e. The number of aryl methyl sites for hydroxylation is 2. The van der Waals surface area contributed by atoms with Crippen molar-refractivity contribution in [2.24, 2.45) is 0 Å². The van der Waals surface area contributed by atoms with Gasteiger partial charge in [0.05, 0.1) is 13.2 Å². The molecule has 0 aliphatic rings. The fourth-order valence-electron chi connectivity index (χ4n) is 1.86. The molecule has 0 unspecified atom stereocenters. The van der Waals surface area contributed by atoms with Gasteiger partial charge in [-0.05, 0) is 50.2 Å². The Bertz CT molecular complexity index is 362. The van der Waals surface area contributed by atoms with E-state index < -0.39 is 0 Å². The maximum Gasteiger partial charge on any atom is 0.119 e. The van der Waals surface area contributed by atoms with E-state index in [0.717, 1.165) is 32.0 Å². The minimum Gasteiger partial charge on any atom is -0.491 e. The molecule has 0 aromatic heterocycles. The van der Waals surface area contributed by atoms with E-state index in [4.69, 9.17) is 9.47 Å². The summed E-state index contributed by atoms with van der Waals surface area (Å²) in [5.74, 6) is 0.926. The molecule has 108 valence electrons. The lowest BCUT2D eigenvalue weighted by Gasteiger charge is -2.17. The summed E-state index contributed by atoms with van der Waals surface area (Å²) in [4.78, 5) is 2.35. The maximum atomic E-state index is 5.66. The third-order valence-electron chi connectivity index (χ3n) is 3.42. The summed E-state index contributed by atoms with van der Waals surface area (Å²) in [7, 11) is 0. The standard InChI is InChI=1S/C16H27NO2/c1-5-17(6-2)9-10-18-11-12-19-16-8-7-14(3)15(4)13-16/h7-8,13H,5-6,9-12H2,1-4H3. The predicted molar refractivity (Wildman–Crippen MR) is 80.0 cm³/mol. The molecule has 0 aliphatic carbocycles. The molecule has 0 amide bonds. The highest BCUT2D eigenvalue weighted by Gasteiger charge is 1.99. The van der Waals surface area contributed by atoms with Crippen LogP contribution in [0.4, 0.5) is 0 Å². The molecule has 19 heavy (non-hydrogen) atoms. The lowest BCUT2D eigenvalue weighted by Crippen LogP contribution is -2.27. The summed E-state index contributed by atoms with van der Waals surface area (Å²) in [5, 5.41) is 0. The van der Waals surface area contributed by atoms with Gasteiger partial charge in [-0.25, -0.2) is 0 Å². The van der Waals surface area contributed by atoms with Gasteiger partial charge in [0, 0.05) is 6.54 Å². The molecule has 0 N–H and O–H groups in total. The van der Waals surface area contributed by atoms with Crippen molar-refractivity contribution in [3.8, 4) is 5.75 Å². The molecule has 0 atom stereocenters. The van der Waals surface area contributed by atoms with Crippen molar-refractivity contribution in [2.45, 2.75) is 27.7 Å². The van der Waals surface area contributed by atoms with Gasteiger partial charge in [0.25, 0.3) is 0 Å². The molecule has 1 aromatic rings. The van der Waals surface area contributed by atoms with Crippen LogP contribution in [0.25, 0.3) is 0 Å². The molecule has 1 aromatic carbocycles. The molecular weight excluding hydrogens is 238 g/mol. The number of likely N-dealkylation sites (N-methyl/N-ethyl adjacent to an activating group) is 1. The number of rotatable bonds is 9. The zero-order valence-corrected chi connectivity index (χ0v) is 12.7. The van der Waals surface area contributed by atoms with E-state index in [1.807, 2.05) is 6.07 Å². The van der Waals surface area contributed by atoms with Crippen molar-refractivity contribution in [1.29, 1.82) is 0 Å². The molecule has 3 nitrogen and oxygen atoms in total. The van der Waals surface area contributed by atoms with Crippen LogP contribution in [-0.2, 0) is 4.74 Å². The first-order valence-corrected chi connectivity index (χ1v) is 7.17. The lowest BCUT2D eigenvalue weighted by molar-refractivity contribution is 0.0819. The minimum absolute atomic E-state index is 0.612. The number of benzene rings is 1. The van der Waals surface area contributed by atoms with Crippen LogP contribution >= 0.6 is 0 Å². The van der Waals surface area contributed by atoms with Gasteiger partial charge >= 0.3 is 0 Å². The van der Waals surface area contributed by atoms with Crippen molar-refractivity contribution in [3.05, 3.63) is 29.3 Å². The minimum atomic E-state index is 0.612. The van der Waals surface area contributed by atoms with Crippen LogP contribution in [0.2, 0.25) is 0 Å². The van der Waals surface area contributed by atoms with Crippen molar-refractivity contribution in [2.75, 3.05) is 39.5 Å². The number of hydrogen-bond donors (Lipinski definition) is 0. The Morgan fingerprint density at radius 3 is 2.32 bits per heavy atom. The van der Waals surface area contributed by atoms with Gasteiger partial charge < -0.3 is 14.4 Å². The van der Waals surface area contributed by atoms with E-state index in [9.17, 15) is 0 Å². The molecule has 3 heteroatoms. The summed E-state index contributed by atoms with van der Waals surface area (Å²) in [6, 6.07) is 6.18. The normalized spacial score (nSPS) is 11.0. The Morgan fingerprint density at radius 1 is 0.947 bits per heavy atom. The molecule has 0 heterocycles. The van der Waals surface area contributed by atoms with Gasteiger partial charge in [0.15, 0.2) is 0 Å². The second-order valence-corrected chi connectivity index (χ2v) is 4.73. The van der Waals surface area contributed by atoms with Crippen LogP contribution in [0.15, 0.2) is 18.2 Å². The van der Waals surface area contributed by atoms with E-state index in [0.29, 0.717) is 13.2 Å². The van der Waals surface area contributed by atoms with Gasteiger partial charge in [-0.1, -0.05) is 19.9 Å². The van der Waals surface area contributed by atoms with Gasteiger partial charge in [0.1, 0.15) is 12.4 Å². The predicted octanol–water partition coefficient (Wildman–Crippen LogP) is 3.04. The second kappa shape index (κ2) is 8.94. The summed E-state index contributed by atoms with van der Waals surface area (Å²) in [6.45, 7) is 13.7. The number of ether oxygens (including phenoxy) is 2. The van der Waals surface area contributed by atoms with E-state index >= 15 is 0 Å². The Hall–Kier alpha value is -1.06. The fraction of sp³-hybridized carbons (Fsp3) is 0.625. The van der Waals surface area contributed by atoms with E-state index in [-0.39, 0.29) is 0 Å². The first kappa shape index (κ1) is 16.0. The van der Waals surface area contributed by atoms with Gasteiger partial charge in [-0.2, -0.15) is 0 Å². The monoisotopic (exact) mass is 265 g/mol. The summed E-state index contributed by atoms with van der Waals surface area (Å²) >= 11 is 0. The van der Waals surface area contributed by atoms with Gasteiger partial charge in [-0.15, -0.1) is 0 Å². The first-order valence-electron chi connectivity index (χ1n) is 7.17. The summed E-state index contributed by atoms with van der Waals surface area (Å²) in [6.07, 6.45) is 0. The zero-order valence-electron chi connectivity index (χ0n) is 12.7. The average molecular weight is 265 g/mol. The Labute approximate surface area is 117 Å². The molecule has 1 rings (SSSR count). The summed E-state index contributed by atoms with van der Waals surface area (Å²) in [5.41, 5.74) is 2.56. The molecule has 0 radical (unpaired) electrons. The van der Waals surface area contributed by atoms with E-state index in [2.05, 4.69) is 44.7 Å². The third-order valence-corrected chi connectivity index (χ3v) is 3.42. The highest BCUT2D eigenvalue weighted by atomic mass is 16.5. The Balaban J connectivity index is 2.12. The Kier molecular flexibility index (Phi) is 7.53. The van der Waals surface area contributed by atoms with Crippen LogP contribution in [0.1, 0.15) is 25.0 Å². The highest BCUT2D eigenvalue weighted by molar-refractivity contribution is 5.33. The van der Waals surface area contributed by atoms with Crippen molar-refractivity contribution in [3.63, 3.8) is 0 Å². The average Bonchev–Trinajstić information content (AvgIpc) is 2.42. The zero-order chi connectivity index (χ0) is 14.1. The fourth-order valence-corrected chi connectivity index (χ4v) is 1.86. The van der Waals surface area contributed by atoms with Crippen LogP contribution < -0.4 is 4.74 Å². The highest BCUT2D eigenvalue weighted by Crippen LogP contribution is 2.16. The molecule has 0 fully saturated rings. The Morgan fingerprint density at radius 2 is 1.68 bits per heavy atom. The number of hydrogen-bond acceptors (Lipinski definition) is 3.